The highest BCUT2D eigenvalue weighted by Gasteiger charge is 2.18. The lowest BCUT2D eigenvalue weighted by atomic mass is 9.91. The molecule has 0 spiro atoms. The van der Waals surface area contributed by atoms with E-state index in [1.165, 1.54) is 16.9 Å². The van der Waals surface area contributed by atoms with Crippen molar-refractivity contribution in [1.82, 2.24) is 9.88 Å². The van der Waals surface area contributed by atoms with Gasteiger partial charge in [-0.3, -0.25) is 4.79 Å². The molecule has 2 heterocycles. The molecule has 2 aromatic heterocycles. The Balaban J connectivity index is 1.84. The average molecular weight is 435 g/mol. The molecule has 31 heavy (non-hydrogen) atoms. The van der Waals surface area contributed by atoms with Crippen LogP contribution in [0.5, 0.6) is 5.75 Å². The van der Waals surface area contributed by atoms with E-state index in [4.69, 9.17) is 0 Å². The zero-order valence-corrected chi connectivity index (χ0v) is 19.5. The lowest BCUT2D eigenvalue weighted by Gasteiger charge is -2.25. The van der Waals surface area contributed by atoms with Gasteiger partial charge in [0.2, 0.25) is 0 Å². The number of benzene rings is 2. The van der Waals surface area contributed by atoms with Crippen molar-refractivity contribution >= 4 is 32.3 Å². The number of pyridine rings is 1. The summed E-state index contributed by atoms with van der Waals surface area (Å²) in [5.41, 5.74) is 4.65. The standard InChI is InChI=1S/C26H30N2O2S/c1-5-17(15-28(6-2)7-3)18-8-10-19(11-9-18)22-21(29)14-16(4)24-23(22)20-12-13-31-25(20)26(30)27-24/h8-14,17,29H,5-7,15H2,1-4H3,(H,27,30)/t17-/m0/s1. The van der Waals surface area contributed by atoms with Crippen LogP contribution in [0, 0.1) is 6.92 Å². The van der Waals surface area contributed by atoms with Crippen LogP contribution >= 0.6 is 11.3 Å². The third kappa shape index (κ3) is 3.88. The number of hydrogen-bond acceptors (Lipinski definition) is 4. The summed E-state index contributed by atoms with van der Waals surface area (Å²) in [6.07, 6.45) is 1.09. The van der Waals surface area contributed by atoms with Gasteiger partial charge in [0.05, 0.1) is 5.52 Å². The number of thiophene rings is 1. The molecular formula is C26H30N2O2S. The summed E-state index contributed by atoms with van der Waals surface area (Å²) in [6.45, 7) is 11.7. The van der Waals surface area contributed by atoms with Gasteiger partial charge < -0.3 is 15.0 Å². The van der Waals surface area contributed by atoms with E-state index in [1.54, 1.807) is 6.07 Å². The number of H-pyrrole nitrogens is 1. The second-order valence-corrected chi connectivity index (χ2v) is 9.08. The van der Waals surface area contributed by atoms with Gasteiger partial charge in [0, 0.05) is 22.9 Å². The van der Waals surface area contributed by atoms with E-state index in [-0.39, 0.29) is 11.3 Å². The number of hydrogen-bond donors (Lipinski definition) is 2. The Labute approximate surface area is 187 Å². The Hall–Kier alpha value is -2.63. The van der Waals surface area contributed by atoms with Crippen molar-refractivity contribution in [2.75, 3.05) is 19.6 Å². The molecule has 0 amide bonds. The van der Waals surface area contributed by atoms with Crippen molar-refractivity contribution in [3.8, 4) is 16.9 Å². The maximum atomic E-state index is 12.5. The highest BCUT2D eigenvalue weighted by molar-refractivity contribution is 7.17. The number of fused-ring (bicyclic) bond motifs is 3. The fourth-order valence-corrected chi connectivity index (χ4v) is 5.36. The molecular weight excluding hydrogens is 404 g/mol. The maximum absolute atomic E-state index is 12.5. The first-order valence-electron chi connectivity index (χ1n) is 11.1. The Morgan fingerprint density at radius 2 is 1.81 bits per heavy atom. The number of phenols is 1. The molecule has 1 atom stereocenters. The van der Waals surface area contributed by atoms with Gasteiger partial charge in [-0.05, 0) is 66.6 Å². The molecule has 4 aromatic rings. The number of rotatable bonds is 7. The second kappa shape index (κ2) is 8.85. The molecule has 0 aliphatic carbocycles. The molecule has 4 nitrogen and oxygen atoms in total. The van der Waals surface area contributed by atoms with Crippen LogP contribution in [0.4, 0.5) is 0 Å². The predicted octanol–water partition coefficient (Wildman–Crippen LogP) is 6.26. The number of aryl methyl sites for hydroxylation is 1. The van der Waals surface area contributed by atoms with Crippen LogP contribution in [0.1, 0.15) is 44.2 Å². The first-order chi connectivity index (χ1) is 15.0. The van der Waals surface area contributed by atoms with E-state index in [1.807, 2.05) is 18.4 Å². The van der Waals surface area contributed by atoms with Gasteiger partial charge >= 0.3 is 0 Å². The Kier molecular flexibility index (Phi) is 6.17. The minimum absolute atomic E-state index is 0.0743. The van der Waals surface area contributed by atoms with E-state index in [2.05, 4.69) is 54.9 Å². The quantitative estimate of drug-likeness (QED) is 0.361. The molecule has 0 saturated carbocycles. The third-order valence-corrected chi connectivity index (χ3v) is 7.33. The van der Waals surface area contributed by atoms with E-state index in [9.17, 15) is 9.90 Å². The van der Waals surface area contributed by atoms with E-state index in [0.29, 0.717) is 10.6 Å². The molecule has 0 fully saturated rings. The molecule has 0 saturated heterocycles. The van der Waals surface area contributed by atoms with Crippen LogP contribution in [-0.2, 0) is 0 Å². The molecule has 0 radical (unpaired) electrons. The first kappa shape index (κ1) is 21.6. The number of nitrogens with one attached hydrogen (secondary N) is 1. The van der Waals surface area contributed by atoms with Crippen LogP contribution in [0.2, 0.25) is 0 Å². The van der Waals surface area contributed by atoms with Crippen LogP contribution in [0.3, 0.4) is 0 Å². The summed E-state index contributed by atoms with van der Waals surface area (Å²) in [7, 11) is 0. The smallest absolute Gasteiger partial charge is 0.266 e. The lowest BCUT2D eigenvalue weighted by Crippen LogP contribution is -2.28. The van der Waals surface area contributed by atoms with Crippen molar-refractivity contribution in [2.45, 2.75) is 40.0 Å². The van der Waals surface area contributed by atoms with Crippen LogP contribution < -0.4 is 5.56 Å². The van der Waals surface area contributed by atoms with Gasteiger partial charge in [0.15, 0.2) is 0 Å². The molecule has 0 aliphatic rings. The van der Waals surface area contributed by atoms with Gasteiger partial charge in [0.1, 0.15) is 10.4 Å². The highest BCUT2D eigenvalue weighted by Crippen LogP contribution is 2.41. The fourth-order valence-electron chi connectivity index (χ4n) is 4.56. The highest BCUT2D eigenvalue weighted by atomic mass is 32.1. The second-order valence-electron chi connectivity index (χ2n) is 8.17. The molecule has 4 rings (SSSR count). The topological polar surface area (TPSA) is 56.3 Å². The number of phenolic OH excluding ortho intramolecular Hbond substituents is 1. The number of aromatic nitrogens is 1. The Morgan fingerprint density at radius 3 is 2.45 bits per heavy atom. The molecule has 5 heteroatoms. The van der Waals surface area contributed by atoms with Crippen molar-refractivity contribution < 1.29 is 5.11 Å². The third-order valence-electron chi connectivity index (χ3n) is 6.42. The summed E-state index contributed by atoms with van der Waals surface area (Å²) in [6, 6.07) is 12.3. The van der Waals surface area contributed by atoms with Gasteiger partial charge in [-0.15, -0.1) is 11.3 Å². The maximum Gasteiger partial charge on any atom is 0.266 e. The monoisotopic (exact) mass is 434 g/mol. The van der Waals surface area contributed by atoms with Crippen molar-refractivity contribution in [3.05, 3.63) is 63.3 Å². The van der Waals surface area contributed by atoms with E-state index < -0.39 is 0 Å². The molecule has 2 aromatic carbocycles. The van der Waals surface area contributed by atoms with Crippen molar-refractivity contribution in [3.63, 3.8) is 0 Å². The molecule has 0 unspecified atom stereocenters. The Bertz CT molecular complexity index is 1270. The SMILES string of the molecule is CC[C@@H](CN(CC)CC)c1ccc(-c2c(O)cc(C)c3[nH]c(=O)c4sccc4c23)cc1. The summed E-state index contributed by atoms with van der Waals surface area (Å²) in [5.74, 6) is 0.727. The molecule has 162 valence electrons. The minimum Gasteiger partial charge on any atom is -0.507 e. The lowest BCUT2D eigenvalue weighted by molar-refractivity contribution is 0.280. The van der Waals surface area contributed by atoms with Crippen LogP contribution in [0.25, 0.3) is 32.1 Å². The number of likely N-dealkylation sites (N-methyl/N-ethyl adjacent to an activating group) is 1. The molecule has 0 aliphatic heterocycles. The summed E-state index contributed by atoms with van der Waals surface area (Å²) < 4.78 is 0.695. The van der Waals surface area contributed by atoms with Gasteiger partial charge in [-0.25, -0.2) is 0 Å². The molecule has 0 bridgehead atoms. The zero-order chi connectivity index (χ0) is 22.1. The number of aromatic hydroxyl groups is 1. The summed E-state index contributed by atoms with van der Waals surface area (Å²) in [5, 5.41) is 14.7. The van der Waals surface area contributed by atoms with Crippen LogP contribution in [-0.4, -0.2) is 34.6 Å². The largest absolute Gasteiger partial charge is 0.507 e. The van der Waals surface area contributed by atoms with Gasteiger partial charge in [-0.2, -0.15) is 0 Å². The van der Waals surface area contributed by atoms with Crippen molar-refractivity contribution in [1.29, 1.82) is 0 Å². The van der Waals surface area contributed by atoms with E-state index >= 15 is 0 Å². The average Bonchev–Trinajstić information content (AvgIpc) is 3.27. The normalized spacial score (nSPS) is 12.8. The van der Waals surface area contributed by atoms with E-state index in [0.717, 1.165) is 59.0 Å². The van der Waals surface area contributed by atoms with Gasteiger partial charge in [-0.1, -0.05) is 45.0 Å². The number of nitrogens with zero attached hydrogens (tertiary/aromatic N) is 1. The van der Waals surface area contributed by atoms with Crippen molar-refractivity contribution in [2.24, 2.45) is 0 Å². The van der Waals surface area contributed by atoms with Gasteiger partial charge in [0.25, 0.3) is 5.56 Å². The number of aromatic amines is 1. The summed E-state index contributed by atoms with van der Waals surface area (Å²) >= 11 is 1.43. The Morgan fingerprint density at radius 1 is 1.10 bits per heavy atom. The minimum atomic E-state index is -0.0743. The van der Waals surface area contributed by atoms with Crippen LogP contribution in [0.15, 0.2) is 46.6 Å². The zero-order valence-electron chi connectivity index (χ0n) is 18.7. The first-order valence-corrected chi connectivity index (χ1v) is 11.9. The molecule has 2 N–H and O–H groups in total. The fraction of sp³-hybridized carbons (Fsp3) is 0.346. The summed E-state index contributed by atoms with van der Waals surface area (Å²) in [4.78, 5) is 18.0. The predicted molar refractivity (Wildman–Crippen MR) is 133 cm³/mol.